The summed E-state index contributed by atoms with van der Waals surface area (Å²) in [5.74, 6) is -1.02. The van der Waals surface area contributed by atoms with Crippen LogP contribution in [0.3, 0.4) is 0 Å². The first kappa shape index (κ1) is 15.0. The van der Waals surface area contributed by atoms with Crippen LogP contribution in [0.25, 0.3) is 0 Å². The number of nitrogens with one attached hydrogen (secondary N) is 1. The molecule has 7 heteroatoms. The van der Waals surface area contributed by atoms with E-state index in [0.717, 1.165) is 4.90 Å². The molecule has 102 valence electrons. The Labute approximate surface area is 111 Å². The Morgan fingerprint density at radius 1 is 1.56 bits per heavy atom. The monoisotopic (exact) mass is 273 g/mol. The second-order valence-electron chi connectivity index (χ2n) is 4.45. The molecule has 1 aliphatic rings. The molecule has 2 atom stereocenters. The molecule has 1 heterocycles. The van der Waals surface area contributed by atoms with E-state index >= 15 is 0 Å². The second-order valence-corrected chi connectivity index (χ2v) is 5.49. The van der Waals surface area contributed by atoms with E-state index in [1.54, 1.807) is 6.26 Å². The van der Waals surface area contributed by atoms with Crippen molar-refractivity contribution in [3.63, 3.8) is 0 Å². The Kier molecular flexibility index (Phi) is 5.15. The summed E-state index contributed by atoms with van der Waals surface area (Å²) in [5, 5.41) is 2.28. The normalized spacial score (nSPS) is 21.6. The summed E-state index contributed by atoms with van der Waals surface area (Å²) in [7, 11) is 0. The van der Waals surface area contributed by atoms with Crippen LogP contribution in [0.15, 0.2) is 0 Å². The molecule has 0 aromatic rings. The van der Waals surface area contributed by atoms with Gasteiger partial charge in [0.15, 0.2) is 0 Å². The molecule has 1 aliphatic heterocycles. The van der Waals surface area contributed by atoms with Crippen LogP contribution in [0.2, 0.25) is 0 Å². The number of hydrogen-bond acceptors (Lipinski definition) is 5. The lowest BCUT2D eigenvalue weighted by atomic mass is 10.2. The Morgan fingerprint density at radius 2 is 2.17 bits per heavy atom. The Morgan fingerprint density at radius 3 is 2.56 bits per heavy atom. The molecule has 3 N–H and O–H groups in total. The van der Waals surface area contributed by atoms with Crippen molar-refractivity contribution < 1.29 is 14.4 Å². The van der Waals surface area contributed by atoms with Crippen molar-refractivity contribution >= 4 is 29.5 Å². The van der Waals surface area contributed by atoms with Crippen LogP contribution in [0, 0.1) is 0 Å². The maximum Gasteiger partial charge on any atom is 0.244 e. The van der Waals surface area contributed by atoms with Gasteiger partial charge in [-0.1, -0.05) is 0 Å². The van der Waals surface area contributed by atoms with E-state index in [4.69, 9.17) is 5.73 Å². The van der Waals surface area contributed by atoms with E-state index < -0.39 is 11.3 Å². The molecule has 0 saturated carbocycles. The number of amides is 3. The van der Waals surface area contributed by atoms with E-state index in [1.165, 1.54) is 11.8 Å². The lowest BCUT2D eigenvalue weighted by Gasteiger charge is -2.25. The predicted molar refractivity (Wildman–Crippen MR) is 69.9 cm³/mol. The number of thioether (sulfide) groups is 1. The topological polar surface area (TPSA) is 92.5 Å². The van der Waals surface area contributed by atoms with E-state index in [0.29, 0.717) is 0 Å². The van der Waals surface area contributed by atoms with Gasteiger partial charge in [-0.05, 0) is 20.1 Å². The van der Waals surface area contributed by atoms with Crippen molar-refractivity contribution in [2.24, 2.45) is 5.73 Å². The van der Waals surface area contributed by atoms with Crippen LogP contribution in [-0.2, 0) is 14.4 Å². The summed E-state index contributed by atoms with van der Waals surface area (Å²) in [5.41, 5.74) is 5.53. The van der Waals surface area contributed by atoms with Crippen molar-refractivity contribution in [1.29, 1.82) is 0 Å². The van der Waals surface area contributed by atoms with E-state index in [2.05, 4.69) is 5.32 Å². The Balaban J connectivity index is 2.85. The summed E-state index contributed by atoms with van der Waals surface area (Å²) < 4.78 is 0. The highest BCUT2D eigenvalue weighted by Gasteiger charge is 2.43. The minimum atomic E-state index is -0.899. The SMILES string of the molecule is CSC1CC(=O)N(C(CN)C(=O)NC(C)C)C1=O. The van der Waals surface area contributed by atoms with E-state index in [-0.39, 0.29) is 36.7 Å². The highest BCUT2D eigenvalue weighted by molar-refractivity contribution is 8.00. The second kappa shape index (κ2) is 6.19. The fourth-order valence-electron chi connectivity index (χ4n) is 1.84. The molecular formula is C11H19N3O3S. The molecule has 1 saturated heterocycles. The van der Waals surface area contributed by atoms with Gasteiger partial charge in [0.25, 0.3) is 0 Å². The van der Waals surface area contributed by atoms with Crippen LogP contribution >= 0.6 is 11.8 Å². The van der Waals surface area contributed by atoms with Crippen LogP contribution in [-0.4, -0.2) is 52.8 Å². The number of hydrogen-bond donors (Lipinski definition) is 2. The fourth-order valence-corrected chi connectivity index (χ4v) is 2.47. The van der Waals surface area contributed by atoms with Gasteiger partial charge in [0.2, 0.25) is 17.7 Å². The first-order valence-corrected chi connectivity index (χ1v) is 7.10. The molecule has 0 radical (unpaired) electrons. The number of likely N-dealkylation sites (tertiary alicyclic amines) is 1. The van der Waals surface area contributed by atoms with E-state index in [9.17, 15) is 14.4 Å². The average molecular weight is 273 g/mol. The van der Waals surface area contributed by atoms with E-state index in [1.807, 2.05) is 13.8 Å². The smallest absolute Gasteiger partial charge is 0.244 e. The van der Waals surface area contributed by atoms with Gasteiger partial charge in [-0.2, -0.15) is 11.8 Å². The third-order valence-corrected chi connectivity index (χ3v) is 3.63. The molecule has 1 fully saturated rings. The molecule has 0 spiro atoms. The van der Waals surface area contributed by atoms with Gasteiger partial charge < -0.3 is 11.1 Å². The summed E-state index contributed by atoms with van der Waals surface area (Å²) in [4.78, 5) is 36.7. The number of rotatable bonds is 5. The van der Waals surface area contributed by atoms with Crippen molar-refractivity contribution in [3.8, 4) is 0 Å². The first-order valence-electron chi connectivity index (χ1n) is 5.81. The van der Waals surface area contributed by atoms with Gasteiger partial charge in [0.05, 0.1) is 5.25 Å². The molecule has 1 rings (SSSR count). The zero-order chi connectivity index (χ0) is 13.9. The van der Waals surface area contributed by atoms with Crippen molar-refractivity contribution in [1.82, 2.24) is 10.2 Å². The minimum Gasteiger partial charge on any atom is -0.352 e. The van der Waals surface area contributed by atoms with Gasteiger partial charge in [0.1, 0.15) is 6.04 Å². The number of nitrogens with zero attached hydrogens (tertiary/aromatic N) is 1. The molecule has 0 bridgehead atoms. The van der Waals surface area contributed by atoms with Crippen LogP contribution in [0.1, 0.15) is 20.3 Å². The van der Waals surface area contributed by atoms with Crippen LogP contribution in [0.4, 0.5) is 0 Å². The Hall–Kier alpha value is -1.08. The zero-order valence-corrected chi connectivity index (χ0v) is 11.6. The molecule has 3 amide bonds. The summed E-state index contributed by atoms with van der Waals surface area (Å²) >= 11 is 1.32. The van der Waals surface area contributed by atoms with Gasteiger partial charge >= 0.3 is 0 Å². The maximum absolute atomic E-state index is 12.0. The summed E-state index contributed by atoms with van der Waals surface area (Å²) in [6.07, 6.45) is 1.91. The highest BCUT2D eigenvalue weighted by atomic mass is 32.2. The van der Waals surface area contributed by atoms with Crippen molar-refractivity contribution in [2.75, 3.05) is 12.8 Å². The lowest BCUT2D eigenvalue weighted by Crippen LogP contribution is -2.54. The number of carbonyl (C=O) groups is 3. The predicted octanol–water partition coefficient (Wildman–Crippen LogP) is -0.671. The van der Waals surface area contributed by atoms with Gasteiger partial charge in [-0.15, -0.1) is 0 Å². The quantitative estimate of drug-likeness (QED) is 0.648. The molecule has 6 nitrogen and oxygen atoms in total. The van der Waals surface area contributed by atoms with Crippen LogP contribution in [0.5, 0.6) is 0 Å². The number of carbonyl (C=O) groups excluding carboxylic acids is 3. The molecule has 18 heavy (non-hydrogen) atoms. The minimum absolute atomic E-state index is 0.0584. The summed E-state index contributed by atoms with van der Waals surface area (Å²) in [6.45, 7) is 3.56. The maximum atomic E-state index is 12.0. The Bertz CT molecular complexity index is 359. The zero-order valence-electron chi connectivity index (χ0n) is 10.8. The van der Waals surface area contributed by atoms with Crippen molar-refractivity contribution in [2.45, 2.75) is 37.6 Å². The van der Waals surface area contributed by atoms with Crippen LogP contribution < -0.4 is 11.1 Å². The summed E-state index contributed by atoms with van der Waals surface area (Å²) in [6, 6.07) is -0.958. The third kappa shape index (κ3) is 3.02. The molecular weight excluding hydrogens is 254 g/mol. The molecule has 0 aromatic carbocycles. The number of nitrogens with two attached hydrogens (primary N) is 1. The lowest BCUT2D eigenvalue weighted by molar-refractivity contribution is -0.146. The highest BCUT2D eigenvalue weighted by Crippen LogP contribution is 2.24. The standard InChI is InChI=1S/C11H19N3O3S/c1-6(2)13-10(16)7(5-12)14-9(15)4-8(18-3)11(14)17/h6-8H,4-5,12H2,1-3H3,(H,13,16). The van der Waals surface area contributed by atoms with Gasteiger partial charge in [-0.25, -0.2) is 0 Å². The van der Waals surface area contributed by atoms with Crippen molar-refractivity contribution in [3.05, 3.63) is 0 Å². The number of imide groups is 1. The fraction of sp³-hybridized carbons (Fsp3) is 0.727. The largest absolute Gasteiger partial charge is 0.352 e. The third-order valence-electron chi connectivity index (χ3n) is 2.69. The molecule has 2 unspecified atom stereocenters. The van der Waals surface area contributed by atoms with Gasteiger partial charge in [0, 0.05) is 19.0 Å². The molecule has 0 aliphatic carbocycles. The average Bonchev–Trinajstić information content (AvgIpc) is 2.56. The van der Waals surface area contributed by atoms with Gasteiger partial charge in [-0.3, -0.25) is 19.3 Å². The molecule has 0 aromatic heterocycles. The first-order chi connectivity index (χ1) is 8.42.